The van der Waals surface area contributed by atoms with E-state index < -0.39 is 23.4 Å². The smallest absolute Gasteiger partial charge is 0.110 e. The molecule has 1 heterocycles. The van der Waals surface area contributed by atoms with Crippen molar-refractivity contribution in [3.05, 3.63) is 12.7 Å². The third-order valence-corrected chi connectivity index (χ3v) is 8.08. The largest absolute Gasteiger partial charge is 0.393 e. The van der Waals surface area contributed by atoms with E-state index in [4.69, 9.17) is 4.74 Å². The molecule has 138 valence electrons. The Morgan fingerprint density at radius 2 is 1.50 bits per heavy atom. The Kier molecular flexibility index (Phi) is 4.05. The van der Waals surface area contributed by atoms with Crippen molar-refractivity contribution in [1.82, 2.24) is 0 Å². The van der Waals surface area contributed by atoms with E-state index in [0.29, 0.717) is 12.8 Å². The third kappa shape index (κ3) is 2.19. The highest BCUT2D eigenvalue weighted by Gasteiger charge is 2.67. The Hall–Kier alpha value is -0.420. The molecular weight excluding hydrogens is 304 g/mol. The van der Waals surface area contributed by atoms with E-state index in [1.807, 2.05) is 13.8 Å². The molecule has 0 unspecified atom stereocenters. The van der Waals surface area contributed by atoms with E-state index in [0.717, 1.165) is 12.8 Å². The first-order valence-electron chi connectivity index (χ1n) is 9.30. The van der Waals surface area contributed by atoms with Gasteiger partial charge in [0.25, 0.3) is 0 Å². The average Bonchev–Trinajstić information content (AvgIpc) is 2.50. The first kappa shape index (κ1) is 18.4. The van der Waals surface area contributed by atoms with Crippen molar-refractivity contribution in [2.75, 3.05) is 0 Å². The molecule has 24 heavy (non-hydrogen) atoms. The fraction of sp³-hybridized carbons (Fsp3) is 0.900. The second-order valence-electron chi connectivity index (χ2n) is 9.66. The van der Waals surface area contributed by atoms with Crippen LogP contribution in [0.2, 0.25) is 0 Å². The molecule has 0 aromatic heterocycles. The molecule has 3 rings (SSSR count). The zero-order valence-corrected chi connectivity index (χ0v) is 15.7. The Bertz CT molecular complexity index is 532. The lowest BCUT2D eigenvalue weighted by Crippen LogP contribution is -2.71. The molecule has 0 amide bonds. The summed E-state index contributed by atoms with van der Waals surface area (Å²) in [7, 11) is 0. The monoisotopic (exact) mass is 338 g/mol. The number of aliphatic hydroxyl groups excluding tert-OH is 3. The van der Waals surface area contributed by atoms with Gasteiger partial charge in [0.1, 0.15) is 5.60 Å². The second-order valence-corrected chi connectivity index (χ2v) is 9.66. The van der Waals surface area contributed by atoms with Crippen LogP contribution in [0.15, 0.2) is 12.7 Å². The molecule has 0 radical (unpaired) electrons. The summed E-state index contributed by atoms with van der Waals surface area (Å²) in [5.74, 6) is 0.249. The van der Waals surface area contributed by atoms with Crippen molar-refractivity contribution in [2.45, 2.75) is 89.8 Å². The molecule has 1 saturated heterocycles. The van der Waals surface area contributed by atoms with Crippen LogP contribution in [0.25, 0.3) is 0 Å². The van der Waals surface area contributed by atoms with E-state index in [2.05, 4.69) is 27.4 Å². The molecule has 0 aromatic carbocycles. The molecule has 1 aliphatic heterocycles. The van der Waals surface area contributed by atoms with Gasteiger partial charge in [-0.3, -0.25) is 0 Å². The summed E-state index contributed by atoms with van der Waals surface area (Å²) in [5, 5.41) is 32.3. The summed E-state index contributed by atoms with van der Waals surface area (Å²) in [6.07, 6.45) is 2.94. The maximum absolute atomic E-state index is 11.0. The standard InChI is InChI=1S/C20H34O4/c1-7-19(5)15(22)11-13-18(4)9-8-14(21)17(2,3)12(18)10-16(23)20(13,6)24-19/h7,12-16,21-23H,1,8-11H2,2-6H3/t12-,13-,14-,15+,16+,18-,19+,20-/m1/s1. The molecule has 3 N–H and O–H groups in total. The van der Waals surface area contributed by atoms with Gasteiger partial charge in [-0.1, -0.05) is 26.8 Å². The summed E-state index contributed by atoms with van der Waals surface area (Å²) in [6, 6.07) is 0. The third-order valence-electron chi connectivity index (χ3n) is 8.08. The Morgan fingerprint density at radius 1 is 0.917 bits per heavy atom. The molecule has 8 atom stereocenters. The maximum Gasteiger partial charge on any atom is 0.110 e. The number of ether oxygens (including phenoxy) is 1. The Balaban J connectivity index is 2.05. The van der Waals surface area contributed by atoms with Gasteiger partial charge in [-0.2, -0.15) is 0 Å². The van der Waals surface area contributed by atoms with E-state index in [1.165, 1.54) is 0 Å². The van der Waals surface area contributed by atoms with Gasteiger partial charge in [0.05, 0.1) is 23.9 Å². The minimum absolute atomic E-state index is 0.0496. The summed E-state index contributed by atoms with van der Waals surface area (Å²) in [6.45, 7) is 14.2. The lowest BCUT2D eigenvalue weighted by atomic mass is 9.43. The van der Waals surface area contributed by atoms with Gasteiger partial charge in [-0.05, 0) is 62.2 Å². The van der Waals surface area contributed by atoms with Gasteiger partial charge in [0, 0.05) is 0 Å². The topological polar surface area (TPSA) is 69.9 Å². The predicted molar refractivity (Wildman–Crippen MR) is 93.4 cm³/mol. The van der Waals surface area contributed by atoms with Gasteiger partial charge in [0.15, 0.2) is 0 Å². The zero-order valence-electron chi connectivity index (χ0n) is 15.7. The van der Waals surface area contributed by atoms with E-state index in [-0.39, 0.29) is 28.8 Å². The number of aliphatic hydroxyl groups is 3. The normalized spacial score (nSPS) is 56.9. The van der Waals surface area contributed by atoms with Gasteiger partial charge >= 0.3 is 0 Å². The van der Waals surface area contributed by atoms with E-state index >= 15 is 0 Å². The summed E-state index contributed by atoms with van der Waals surface area (Å²) in [4.78, 5) is 0. The first-order chi connectivity index (χ1) is 10.9. The highest BCUT2D eigenvalue weighted by Crippen LogP contribution is 2.65. The maximum atomic E-state index is 11.0. The van der Waals surface area contributed by atoms with Crippen LogP contribution in [-0.4, -0.2) is 44.8 Å². The molecule has 3 aliphatic rings. The van der Waals surface area contributed by atoms with Crippen LogP contribution in [0.5, 0.6) is 0 Å². The summed E-state index contributed by atoms with van der Waals surface area (Å²) >= 11 is 0. The lowest BCUT2D eigenvalue weighted by Gasteiger charge is -2.67. The SMILES string of the molecule is C=C[C@]1(C)O[C@]2(C)[C@H](C[C@@H]1O)[C@]1(C)CC[C@@H](O)C(C)(C)[C@H]1C[C@@H]2O. The Morgan fingerprint density at radius 3 is 2.08 bits per heavy atom. The fourth-order valence-electron chi connectivity index (χ4n) is 6.23. The van der Waals surface area contributed by atoms with Crippen LogP contribution < -0.4 is 0 Å². The Labute approximate surface area is 145 Å². The van der Waals surface area contributed by atoms with Crippen molar-refractivity contribution >= 4 is 0 Å². The molecular formula is C20H34O4. The highest BCUT2D eigenvalue weighted by molar-refractivity contribution is 5.18. The number of hydrogen-bond donors (Lipinski definition) is 3. The zero-order chi connectivity index (χ0) is 18.1. The van der Waals surface area contributed by atoms with Crippen molar-refractivity contribution in [3.63, 3.8) is 0 Å². The molecule has 0 aromatic rings. The molecule has 2 aliphatic carbocycles. The molecule has 4 nitrogen and oxygen atoms in total. The average molecular weight is 338 g/mol. The predicted octanol–water partition coefficient (Wildman–Crippen LogP) is 2.66. The molecule has 3 fully saturated rings. The second kappa shape index (κ2) is 5.29. The van der Waals surface area contributed by atoms with Gasteiger partial charge in [-0.25, -0.2) is 0 Å². The van der Waals surface area contributed by atoms with Crippen molar-refractivity contribution in [1.29, 1.82) is 0 Å². The number of hydrogen-bond acceptors (Lipinski definition) is 4. The van der Waals surface area contributed by atoms with Gasteiger partial charge < -0.3 is 20.1 Å². The minimum Gasteiger partial charge on any atom is -0.393 e. The molecule has 0 bridgehead atoms. The minimum atomic E-state index is -0.834. The van der Waals surface area contributed by atoms with Crippen LogP contribution in [-0.2, 0) is 4.74 Å². The van der Waals surface area contributed by atoms with E-state index in [1.54, 1.807) is 6.08 Å². The number of fused-ring (bicyclic) bond motifs is 3. The first-order valence-corrected chi connectivity index (χ1v) is 9.30. The number of rotatable bonds is 1. The fourth-order valence-corrected chi connectivity index (χ4v) is 6.23. The van der Waals surface area contributed by atoms with Gasteiger partial charge in [-0.15, -0.1) is 6.58 Å². The summed E-state index contributed by atoms with van der Waals surface area (Å²) in [5.41, 5.74) is -1.86. The van der Waals surface area contributed by atoms with Crippen LogP contribution in [0.4, 0.5) is 0 Å². The van der Waals surface area contributed by atoms with Crippen molar-refractivity contribution in [2.24, 2.45) is 22.7 Å². The molecule has 2 saturated carbocycles. The lowest BCUT2D eigenvalue weighted by molar-refractivity contribution is -0.318. The van der Waals surface area contributed by atoms with Crippen molar-refractivity contribution < 1.29 is 20.1 Å². The van der Waals surface area contributed by atoms with Crippen LogP contribution in [0, 0.1) is 22.7 Å². The summed E-state index contributed by atoms with van der Waals surface area (Å²) < 4.78 is 6.37. The van der Waals surface area contributed by atoms with Crippen LogP contribution in [0.3, 0.4) is 0 Å². The highest BCUT2D eigenvalue weighted by atomic mass is 16.5. The van der Waals surface area contributed by atoms with Crippen LogP contribution >= 0.6 is 0 Å². The van der Waals surface area contributed by atoms with Crippen LogP contribution in [0.1, 0.15) is 60.3 Å². The molecule has 0 spiro atoms. The van der Waals surface area contributed by atoms with Crippen molar-refractivity contribution in [3.8, 4) is 0 Å². The quantitative estimate of drug-likeness (QED) is 0.643. The molecule has 4 heteroatoms. The van der Waals surface area contributed by atoms with E-state index in [9.17, 15) is 15.3 Å². The van der Waals surface area contributed by atoms with Gasteiger partial charge in [0.2, 0.25) is 0 Å².